The Bertz CT molecular complexity index is 655. The van der Waals surface area contributed by atoms with E-state index >= 15 is 0 Å². The minimum Gasteiger partial charge on any atom is -0.332 e. The van der Waals surface area contributed by atoms with Crippen LogP contribution in [0.3, 0.4) is 0 Å². The molecule has 0 aliphatic carbocycles. The van der Waals surface area contributed by atoms with Crippen LogP contribution in [-0.2, 0) is 16.4 Å². The molecule has 2 N–H and O–H groups in total. The predicted octanol–water partition coefficient (Wildman–Crippen LogP) is 2.23. The SMILES string of the molecule is CCc1ncc(S(=O)(=O)NCC(Cl)c2ccccc2)[nH]1. The zero-order chi connectivity index (χ0) is 14.6. The van der Waals surface area contributed by atoms with Crippen LogP contribution >= 0.6 is 11.6 Å². The van der Waals surface area contributed by atoms with Crippen LogP contribution in [0.25, 0.3) is 0 Å². The second-order valence-electron chi connectivity index (χ2n) is 4.28. The molecule has 2 rings (SSSR count). The Morgan fingerprint density at radius 3 is 2.65 bits per heavy atom. The molecule has 0 amide bonds. The van der Waals surface area contributed by atoms with Crippen molar-refractivity contribution in [2.45, 2.75) is 23.7 Å². The maximum atomic E-state index is 12.1. The highest BCUT2D eigenvalue weighted by atomic mass is 35.5. The Labute approximate surface area is 123 Å². The molecule has 0 saturated heterocycles. The number of alkyl halides is 1. The average molecular weight is 314 g/mol. The van der Waals surface area contributed by atoms with Crippen LogP contribution in [-0.4, -0.2) is 24.9 Å². The van der Waals surface area contributed by atoms with Crippen LogP contribution in [0.2, 0.25) is 0 Å². The Hall–Kier alpha value is -1.37. The van der Waals surface area contributed by atoms with Crippen molar-refractivity contribution in [3.05, 3.63) is 47.9 Å². The summed E-state index contributed by atoms with van der Waals surface area (Å²) in [5.41, 5.74) is 0.871. The van der Waals surface area contributed by atoms with Gasteiger partial charge in [-0.05, 0) is 5.56 Å². The first kappa shape index (κ1) is 15.0. The molecule has 1 aromatic carbocycles. The van der Waals surface area contributed by atoms with Crippen LogP contribution in [0.15, 0.2) is 41.6 Å². The minimum absolute atomic E-state index is 0.0614. The number of H-pyrrole nitrogens is 1. The van der Waals surface area contributed by atoms with Gasteiger partial charge in [-0.3, -0.25) is 0 Å². The highest BCUT2D eigenvalue weighted by molar-refractivity contribution is 7.89. The highest BCUT2D eigenvalue weighted by Crippen LogP contribution is 2.19. The fourth-order valence-electron chi connectivity index (χ4n) is 1.70. The molecule has 0 fully saturated rings. The molecule has 5 nitrogen and oxygen atoms in total. The fraction of sp³-hybridized carbons (Fsp3) is 0.308. The smallest absolute Gasteiger partial charge is 0.257 e. The van der Waals surface area contributed by atoms with Crippen LogP contribution in [0.4, 0.5) is 0 Å². The standard InChI is InChI=1S/C13H16ClN3O2S/c1-2-12-15-9-13(17-12)20(18,19)16-8-11(14)10-6-4-3-5-7-10/h3-7,9,11,16H,2,8H2,1H3,(H,15,17). The van der Waals surface area contributed by atoms with E-state index in [0.29, 0.717) is 12.2 Å². The maximum absolute atomic E-state index is 12.1. The maximum Gasteiger partial charge on any atom is 0.257 e. The molecule has 20 heavy (non-hydrogen) atoms. The molecule has 0 spiro atoms. The van der Waals surface area contributed by atoms with Gasteiger partial charge in [0.1, 0.15) is 5.82 Å². The number of aryl methyl sites for hydroxylation is 1. The molecule has 0 aliphatic heterocycles. The largest absolute Gasteiger partial charge is 0.332 e. The van der Waals surface area contributed by atoms with E-state index in [1.54, 1.807) is 0 Å². The van der Waals surface area contributed by atoms with Crippen LogP contribution < -0.4 is 4.72 Å². The monoisotopic (exact) mass is 313 g/mol. The van der Waals surface area contributed by atoms with Crippen molar-refractivity contribution in [1.29, 1.82) is 0 Å². The van der Waals surface area contributed by atoms with Gasteiger partial charge < -0.3 is 4.98 Å². The average Bonchev–Trinajstić information content (AvgIpc) is 2.95. The minimum atomic E-state index is -3.61. The molecule has 0 saturated carbocycles. The number of aromatic amines is 1. The van der Waals surface area contributed by atoms with Crippen molar-refractivity contribution < 1.29 is 8.42 Å². The summed E-state index contributed by atoms with van der Waals surface area (Å²) in [6, 6.07) is 9.33. The van der Waals surface area contributed by atoms with Crippen molar-refractivity contribution in [2.24, 2.45) is 0 Å². The summed E-state index contributed by atoms with van der Waals surface area (Å²) >= 11 is 6.18. The molecule has 1 atom stereocenters. The number of nitrogens with zero attached hydrogens (tertiary/aromatic N) is 1. The summed E-state index contributed by atoms with van der Waals surface area (Å²) in [6.07, 6.45) is 1.96. The summed E-state index contributed by atoms with van der Waals surface area (Å²) in [7, 11) is -3.61. The van der Waals surface area contributed by atoms with E-state index in [9.17, 15) is 8.42 Å². The van der Waals surface area contributed by atoms with Crippen molar-refractivity contribution in [2.75, 3.05) is 6.54 Å². The molecule has 1 unspecified atom stereocenters. The molecular weight excluding hydrogens is 298 g/mol. The highest BCUT2D eigenvalue weighted by Gasteiger charge is 2.18. The molecule has 2 aromatic rings. The zero-order valence-electron chi connectivity index (χ0n) is 11.0. The lowest BCUT2D eigenvalue weighted by atomic mass is 10.1. The molecule has 0 radical (unpaired) electrons. The van der Waals surface area contributed by atoms with Gasteiger partial charge in [0.15, 0.2) is 5.03 Å². The molecular formula is C13H16ClN3O2S. The third-order valence-corrected chi connectivity index (χ3v) is 4.58. The Morgan fingerprint density at radius 2 is 2.05 bits per heavy atom. The number of sulfonamides is 1. The zero-order valence-corrected chi connectivity index (χ0v) is 12.6. The number of imidazole rings is 1. The fourth-order valence-corrected chi connectivity index (χ4v) is 3.00. The van der Waals surface area contributed by atoms with E-state index in [1.165, 1.54) is 6.20 Å². The van der Waals surface area contributed by atoms with Crippen molar-refractivity contribution >= 4 is 21.6 Å². The van der Waals surface area contributed by atoms with Gasteiger partial charge in [-0.25, -0.2) is 18.1 Å². The lowest BCUT2D eigenvalue weighted by molar-refractivity contribution is 0.577. The van der Waals surface area contributed by atoms with Gasteiger partial charge in [-0.1, -0.05) is 37.3 Å². The van der Waals surface area contributed by atoms with Gasteiger partial charge in [0.2, 0.25) is 0 Å². The van der Waals surface area contributed by atoms with E-state index in [4.69, 9.17) is 11.6 Å². The third-order valence-electron chi connectivity index (χ3n) is 2.84. The van der Waals surface area contributed by atoms with Crippen LogP contribution in [0, 0.1) is 0 Å². The van der Waals surface area contributed by atoms with E-state index < -0.39 is 15.4 Å². The first-order valence-corrected chi connectivity index (χ1v) is 8.17. The summed E-state index contributed by atoms with van der Waals surface area (Å²) < 4.78 is 26.6. The predicted molar refractivity (Wildman–Crippen MR) is 78.2 cm³/mol. The van der Waals surface area contributed by atoms with Gasteiger partial charge in [-0.15, -0.1) is 11.6 Å². The number of halogens is 1. The number of hydrogen-bond acceptors (Lipinski definition) is 3. The van der Waals surface area contributed by atoms with E-state index in [2.05, 4.69) is 14.7 Å². The second-order valence-corrected chi connectivity index (χ2v) is 6.54. The number of nitrogens with one attached hydrogen (secondary N) is 2. The molecule has 1 heterocycles. The molecule has 1 aromatic heterocycles. The van der Waals surface area contributed by atoms with Crippen LogP contribution in [0.5, 0.6) is 0 Å². The molecule has 0 bridgehead atoms. The number of benzene rings is 1. The first-order chi connectivity index (χ1) is 9.53. The van der Waals surface area contributed by atoms with Crippen molar-refractivity contribution in [3.8, 4) is 0 Å². The number of hydrogen-bond donors (Lipinski definition) is 2. The Kier molecular flexibility index (Phi) is 4.80. The summed E-state index contributed by atoms with van der Waals surface area (Å²) in [4.78, 5) is 6.74. The summed E-state index contributed by atoms with van der Waals surface area (Å²) in [5.74, 6) is 0.635. The quantitative estimate of drug-likeness (QED) is 0.803. The Balaban J connectivity index is 2.02. The van der Waals surface area contributed by atoms with Gasteiger partial charge in [0.25, 0.3) is 10.0 Å². The molecule has 0 aliphatic rings. The van der Waals surface area contributed by atoms with E-state index in [1.807, 2.05) is 37.3 Å². The van der Waals surface area contributed by atoms with Crippen molar-refractivity contribution in [1.82, 2.24) is 14.7 Å². The molecule has 7 heteroatoms. The second kappa shape index (κ2) is 6.39. The molecule has 108 valence electrons. The van der Waals surface area contributed by atoms with Gasteiger partial charge in [-0.2, -0.15) is 0 Å². The van der Waals surface area contributed by atoms with E-state index in [-0.39, 0.29) is 11.6 Å². The first-order valence-electron chi connectivity index (χ1n) is 6.25. The van der Waals surface area contributed by atoms with E-state index in [0.717, 1.165) is 5.56 Å². The lowest BCUT2D eigenvalue weighted by Gasteiger charge is -2.10. The van der Waals surface area contributed by atoms with Gasteiger partial charge >= 0.3 is 0 Å². The Morgan fingerprint density at radius 1 is 1.35 bits per heavy atom. The van der Waals surface area contributed by atoms with Crippen LogP contribution in [0.1, 0.15) is 23.7 Å². The van der Waals surface area contributed by atoms with Gasteiger partial charge in [0.05, 0.1) is 11.6 Å². The lowest BCUT2D eigenvalue weighted by Crippen LogP contribution is -2.27. The summed E-state index contributed by atoms with van der Waals surface area (Å²) in [5, 5.41) is -0.356. The summed E-state index contributed by atoms with van der Waals surface area (Å²) in [6.45, 7) is 2.02. The number of aromatic nitrogens is 2. The van der Waals surface area contributed by atoms with Gasteiger partial charge in [0, 0.05) is 13.0 Å². The number of rotatable bonds is 6. The third kappa shape index (κ3) is 3.59. The normalized spacial score (nSPS) is 13.3. The topological polar surface area (TPSA) is 74.8 Å². The van der Waals surface area contributed by atoms with Crippen molar-refractivity contribution in [3.63, 3.8) is 0 Å².